The van der Waals surface area contributed by atoms with Crippen molar-refractivity contribution < 1.29 is 18.5 Å². The summed E-state index contributed by atoms with van der Waals surface area (Å²) in [5.41, 5.74) is 3.10. The molecule has 1 aliphatic rings. The summed E-state index contributed by atoms with van der Waals surface area (Å²) >= 11 is 0. The summed E-state index contributed by atoms with van der Waals surface area (Å²) in [4.78, 5) is 22.9. The van der Waals surface area contributed by atoms with E-state index in [9.17, 15) is 23.7 Å². The molecular formula is C27H29F2N3O3. The van der Waals surface area contributed by atoms with Gasteiger partial charge in [-0.15, -0.1) is 0 Å². The van der Waals surface area contributed by atoms with Gasteiger partial charge in [-0.3, -0.25) is 14.9 Å². The molecule has 8 heteroatoms. The zero-order valence-electron chi connectivity index (χ0n) is 20.4. The highest BCUT2D eigenvalue weighted by Gasteiger charge is 2.16. The number of nitro groups is 1. The maximum Gasteiger partial charge on any atom is 0.272 e. The Kier molecular flexibility index (Phi) is 9.64. The Labute approximate surface area is 203 Å². The van der Waals surface area contributed by atoms with Gasteiger partial charge in [0.05, 0.1) is 4.92 Å². The van der Waals surface area contributed by atoms with E-state index in [1.54, 1.807) is 29.8 Å². The van der Waals surface area contributed by atoms with Crippen LogP contribution in [0.25, 0.3) is 10.9 Å². The number of anilines is 1. The largest absolute Gasteiger partial charge is 0.340 e. The average Bonchev–Trinajstić information content (AvgIpc) is 3.10. The maximum absolute atomic E-state index is 12.6. The highest BCUT2D eigenvalue weighted by Crippen LogP contribution is 2.25. The molecule has 0 aliphatic heterocycles. The van der Waals surface area contributed by atoms with E-state index in [0.717, 1.165) is 11.1 Å². The lowest BCUT2D eigenvalue weighted by Crippen LogP contribution is -2.15. The first-order valence-electron chi connectivity index (χ1n) is 11.2. The number of carbonyl (C=O) groups is 1. The highest BCUT2D eigenvalue weighted by molar-refractivity contribution is 6.06. The van der Waals surface area contributed by atoms with Crippen molar-refractivity contribution in [3.8, 4) is 0 Å². The highest BCUT2D eigenvalue weighted by atomic mass is 19.1. The molecule has 1 amide bonds. The Morgan fingerprint density at radius 3 is 2.46 bits per heavy atom. The van der Waals surface area contributed by atoms with Crippen molar-refractivity contribution in [2.75, 3.05) is 5.32 Å². The molecule has 1 N–H and O–H groups in total. The Morgan fingerprint density at radius 2 is 1.80 bits per heavy atom. The number of carbonyl (C=O) groups excluding carboxylic acids is 1. The molecule has 0 saturated heterocycles. The van der Waals surface area contributed by atoms with Crippen LogP contribution in [0, 0.1) is 17.0 Å². The smallest absolute Gasteiger partial charge is 0.272 e. The monoisotopic (exact) mass is 481 g/mol. The zero-order chi connectivity index (χ0) is 26.1. The number of aryl methyl sites for hydroxylation is 2. The van der Waals surface area contributed by atoms with Crippen molar-refractivity contribution in [1.82, 2.24) is 4.57 Å². The number of allylic oxidation sites excluding steroid dienone is 6. The van der Waals surface area contributed by atoms with E-state index < -0.39 is 10.8 Å². The van der Waals surface area contributed by atoms with Crippen LogP contribution in [0.4, 0.5) is 20.2 Å². The second kappa shape index (κ2) is 12.4. The Balaban J connectivity index is 0.000000302. The summed E-state index contributed by atoms with van der Waals surface area (Å²) in [7, 11) is 1.76. The molecule has 3 aromatic rings. The molecule has 35 heavy (non-hydrogen) atoms. The lowest BCUT2D eigenvalue weighted by Gasteiger charge is -2.07. The predicted molar refractivity (Wildman–Crippen MR) is 137 cm³/mol. The lowest BCUT2D eigenvalue weighted by molar-refractivity contribution is -0.384. The summed E-state index contributed by atoms with van der Waals surface area (Å²) in [5, 5.41) is 14.4. The minimum Gasteiger partial charge on any atom is -0.340 e. The number of non-ortho nitro benzene ring substituents is 1. The molecule has 184 valence electrons. The van der Waals surface area contributed by atoms with Crippen LogP contribution >= 0.6 is 0 Å². The van der Waals surface area contributed by atoms with E-state index >= 15 is 0 Å². The third-order valence-electron chi connectivity index (χ3n) is 5.19. The standard InChI is InChI=1S/C17H15N3O3.C8H8F2.C2H6/c1-11-4-3-5-13(8-11)18-17(21)16-10-12-9-14(20(22)23)6-7-15(12)19(16)2;1-6-7(9)4-2-3-5-8(6)10;1-2/h3-10H,1-2H3,(H,18,21);2-4H,5H2,1H3;1-2H3. The molecule has 0 atom stereocenters. The second-order valence-electron chi connectivity index (χ2n) is 7.59. The van der Waals surface area contributed by atoms with Gasteiger partial charge >= 0.3 is 0 Å². The molecular weight excluding hydrogens is 452 g/mol. The van der Waals surface area contributed by atoms with E-state index in [-0.39, 0.29) is 29.4 Å². The molecule has 1 heterocycles. The van der Waals surface area contributed by atoms with Crippen molar-refractivity contribution >= 4 is 28.2 Å². The molecule has 0 radical (unpaired) electrons. The van der Waals surface area contributed by atoms with E-state index in [4.69, 9.17) is 0 Å². The molecule has 0 unspecified atom stereocenters. The van der Waals surface area contributed by atoms with Gasteiger partial charge in [0.2, 0.25) is 0 Å². The molecule has 1 aromatic heterocycles. The predicted octanol–water partition coefficient (Wildman–Crippen LogP) is 7.72. The quantitative estimate of drug-likeness (QED) is 0.307. The van der Waals surface area contributed by atoms with Crippen LogP contribution in [0.15, 0.2) is 84.0 Å². The van der Waals surface area contributed by atoms with E-state index in [1.165, 1.54) is 31.2 Å². The molecule has 4 rings (SSSR count). The number of rotatable bonds is 3. The van der Waals surface area contributed by atoms with Gasteiger partial charge < -0.3 is 9.88 Å². The van der Waals surface area contributed by atoms with Crippen molar-refractivity contribution in [1.29, 1.82) is 0 Å². The normalized spacial score (nSPS) is 12.6. The number of fused-ring (bicyclic) bond motifs is 1. The number of amides is 1. The first-order valence-corrected chi connectivity index (χ1v) is 11.2. The van der Waals surface area contributed by atoms with Crippen LogP contribution in [0.2, 0.25) is 0 Å². The summed E-state index contributed by atoms with van der Waals surface area (Å²) in [6, 6.07) is 13.7. The number of nitrogens with one attached hydrogen (secondary N) is 1. The van der Waals surface area contributed by atoms with Gasteiger partial charge in [0.1, 0.15) is 17.3 Å². The Hall–Kier alpha value is -4.07. The fourth-order valence-electron chi connectivity index (χ4n) is 3.32. The minimum atomic E-state index is -0.480. The molecule has 0 fully saturated rings. The Bertz CT molecular complexity index is 1310. The SMILES string of the molecule is CC.CC1=C(F)CC=CC=C1F.Cc1cccc(NC(=O)c2cc3cc([N+](=O)[O-])ccc3n2C)c1. The first kappa shape index (κ1) is 27.2. The summed E-state index contributed by atoms with van der Waals surface area (Å²) in [6.07, 6.45) is 4.58. The van der Waals surface area contributed by atoms with Crippen LogP contribution in [-0.2, 0) is 7.05 Å². The van der Waals surface area contributed by atoms with Gasteiger partial charge in [0, 0.05) is 47.8 Å². The molecule has 1 aliphatic carbocycles. The molecule has 0 bridgehead atoms. The van der Waals surface area contributed by atoms with Crippen molar-refractivity contribution in [2.45, 2.75) is 34.1 Å². The number of aromatic nitrogens is 1. The van der Waals surface area contributed by atoms with Gasteiger partial charge in [-0.25, -0.2) is 8.78 Å². The summed E-state index contributed by atoms with van der Waals surface area (Å²) in [6.45, 7) is 7.39. The van der Waals surface area contributed by atoms with E-state index in [1.807, 2.05) is 45.0 Å². The van der Waals surface area contributed by atoms with Gasteiger partial charge in [0.15, 0.2) is 0 Å². The zero-order valence-corrected chi connectivity index (χ0v) is 20.4. The topological polar surface area (TPSA) is 77.2 Å². The number of hydrogen-bond acceptors (Lipinski definition) is 3. The average molecular weight is 482 g/mol. The number of benzene rings is 2. The third kappa shape index (κ3) is 6.96. The van der Waals surface area contributed by atoms with E-state index in [0.29, 0.717) is 16.8 Å². The lowest BCUT2D eigenvalue weighted by atomic mass is 10.2. The first-order chi connectivity index (χ1) is 16.7. The number of nitrogens with zero attached hydrogens (tertiary/aromatic N) is 2. The number of halogens is 2. The molecule has 0 saturated carbocycles. The minimum absolute atomic E-state index is 0.00809. The van der Waals surface area contributed by atoms with Crippen LogP contribution in [0.5, 0.6) is 0 Å². The fourth-order valence-corrected chi connectivity index (χ4v) is 3.32. The van der Waals surface area contributed by atoms with Crippen LogP contribution < -0.4 is 5.32 Å². The molecule has 6 nitrogen and oxygen atoms in total. The Morgan fingerprint density at radius 1 is 1.09 bits per heavy atom. The van der Waals surface area contributed by atoms with Gasteiger partial charge in [0.25, 0.3) is 11.6 Å². The second-order valence-corrected chi connectivity index (χ2v) is 7.59. The van der Waals surface area contributed by atoms with E-state index in [2.05, 4.69) is 5.32 Å². The van der Waals surface area contributed by atoms with Crippen molar-refractivity contribution in [3.63, 3.8) is 0 Å². The van der Waals surface area contributed by atoms with Crippen molar-refractivity contribution in [3.05, 3.63) is 105 Å². The number of hydrogen-bond donors (Lipinski definition) is 1. The van der Waals surface area contributed by atoms with Crippen LogP contribution in [0.3, 0.4) is 0 Å². The van der Waals surface area contributed by atoms with Crippen LogP contribution in [0.1, 0.15) is 43.2 Å². The number of nitro benzene ring substituents is 1. The van der Waals surface area contributed by atoms with Gasteiger partial charge in [-0.2, -0.15) is 0 Å². The van der Waals surface area contributed by atoms with Crippen LogP contribution in [-0.4, -0.2) is 15.4 Å². The third-order valence-corrected chi connectivity index (χ3v) is 5.19. The molecule has 2 aromatic carbocycles. The molecule has 0 spiro atoms. The summed E-state index contributed by atoms with van der Waals surface area (Å²) < 4.78 is 27.0. The van der Waals surface area contributed by atoms with Crippen molar-refractivity contribution in [2.24, 2.45) is 7.05 Å². The summed E-state index contributed by atoms with van der Waals surface area (Å²) in [5.74, 6) is -1.12. The van der Waals surface area contributed by atoms with Gasteiger partial charge in [-0.05, 0) is 49.8 Å². The van der Waals surface area contributed by atoms with Gasteiger partial charge in [-0.1, -0.05) is 38.1 Å². The maximum atomic E-state index is 12.6. The fraction of sp³-hybridized carbons (Fsp3) is 0.222.